The Balaban J connectivity index is 1.56. The molecule has 0 atom stereocenters. The highest BCUT2D eigenvalue weighted by Crippen LogP contribution is 2.29. The third kappa shape index (κ3) is 2.32. The summed E-state index contributed by atoms with van der Waals surface area (Å²) in [5, 5.41) is 4.41. The fourth-order valence-electron chi connectivity index (χ4n) is 2.81. The summed E-state index contributed by atoms with van der Waals surface area (Å²) in [7, 11) is 0. The number of fused-ring (bicyclic) bond motifs is 1. The minimum absolute atomic E-state index is 0.0459. The number of carbonyl (C=O) groups excluding carboxylic acids is 1. The fraction of sp³-hybridized carbons (Fsp3) is 0.467. The number of hydrogen-bond acceptors (Lipinski definition) is 4. The van der Waals surface area contributed by atoms with Crippen molar-refractivity contribution < 1.29 is 4.79 Å². The van der Waals surface area contributed by atoms with E-state index in [1.165, 1.54) is 12.8 Å². The fourth-order valence-corrected chi connectivity index (χ4v) is 2.81. The lowest BCUT2D eigenvalue weighted by Crippen LogP contribution is -2.41. The van der Waals surface area contributed by atoms with Crippen LogP contribution in [0.15, 0.2) is 29.3 Å². The molecular formula is C15H17N5O2. The van der Waals surface area contributed by atoms with Gasteiger partial charge in [0.1, 0.15) is 0 Å². The van der Waals surface area contributed by atoms with Crippen LogP contribution in [0.2, 0.25) is 0 Å². The molecule has 0 N–H and O–H groups in total. The Morgan fingerprint density at radius 2 is 2.18 bits per heavy atom. The number of hydrogen-bond donors (Lipinski definition) is 0. The summed E-state index contributed by atoms with van der Waals surface area (Å²) in [4.78, 5) is 30.4. The van der Waals surface area contributed by atoms with E-state index in [1.54, 1.807) is 38.7 Å². The molecule has 1 amide bonds. The zero-order chi connectivity index (χ0) is 15.1. The molecule has 7 heteroatoms. The van der Waals surface area contributed by atoms with Gasteiger partial charge in [0.05, 0.1) is 12.1 Å². The van der Waals surface area contributed by atoms with Crippen LogP contribution in [0.1, 0.15) is 29.0 Å². The van der Waals surface area contributed by atoms with E-state index in [0.717, 1.165) is 0 Å². The Morgan fingerprint density at radius 3 is 2.91 bits per heavy atom. The van der Waals surface area contributed by atoms with Crippen LogP contribution in [0.5, 0.6) is 0 Å². The summed E-state index contributed by atoms with van der Waals surface area (Å²) >= 11 is 0. The first-order chi connectivity index (χ1) is 10.7. The van der Waals surface area contributed by atoms with Gasteiger partial charge in [-0.1, -0.05) is 0 Å². The van der Waals surface area contributed by atoms with Gasteiger partial charge in [-0.2, -0.15) is 5.10 Å². The lowest BCUT2D eigenvalue weighted by atomic mass is 10.2. The van der Waals surface area contributed by atoms with E-state index < -0.39 is 0 Å². The summed E-state index contributed by atoms with van der Waals surface area (Å²) in [6.07, 6.45) is 5.57. The summed E-state index contributed by atoms with van der Waals surface area (Å²) in [6.45, 7) is 2.11. The molecule has 0 radical (unpaired) electrons. The van der Waals surface area contributed by atoms with Crippen LogP contribution < -0.4 is 5.69 Å². The number of rotatable bonds is 3. The van der Waals surface area contributed by atoms with Crippen molar-refractivity contribution in [2.24, 2.45) is 5.92 Å². The van der Waals surface area contributed by atoms with Gasteiger partial charge in [0.25, 0.3) is 5.91 Å². The van der Waals surface area contributed by atoms with E-state index in [0.29, 0.717) is 43.5 Å². The first kappa shape index (κ1) is 13.2. The molecule has 1 aliphatic heterocycles. The largest absolute Gasteiger partial charge is 0.346 e. The molecule has 0 aromatic carbocycles. The molecule has 1 aliphatic carbocycles. The highest BCUT2D eigenvalue weighted by atomic mass is 16.2. The van der Waals surface area contributed by atoms with E-state index in [2.05, 4.69) is 10.1 Å². The molecule has 2 aromatic heterocycles. The molecule has 2 aliphatic rings. The van der Waals surface area contributed by atoms with Gasteiger partial charge in [-0.3, -0.25) is 14.3 Å². The van der Waals surface area contributed by atoms with Crippen LogP contribution in [-0.4, -0.2) is 36.7 Å². The number of nitrogens with zero attached hydrogens (tertiary/aromatic N) is 5. The number of aromatic nitrogens is 4. The van der Waals surface area contributed by atoms with Crippen molar-refractivity contribution in [2.45, 2.75) is 32.5 Å². The van der Waals surface area contributed by atoms with Gasteiger partial charge in [-0.05, 0) is 30.9 Å². The summed E-state index contributed by atoms with van der Waals surface area (Å²) in [5.74, 6) is 1.21. The van der Waals surface area contributed by atoms with Crippen molar-refractivity contribution in [3.8, 4) is 0 Å². The molecule has 3 heterocycles. The Morgan fingerprint density at radius 1 is 1.32 bits per heavy atom. The van der Waals surface area contributed by atoms with E-state index in [1.807, 2.05) is 0 Å². The highest BCUT2D eigenvalue weighted by Gasteiger charge is 2.28. The third-order valence-corrected chi connectivity index (χ3v) is 4.25. The molecule has 114 valence electrons. The SMILES string of the molecule is O=C(c1cccnc1)N1CCn2c(nn(CC3CC3)c2=O)C1. The maximum atomic E-state index is 12.5. The van der Waals surface area contributed by atoms with Gasteiger partial charge in [-0.15, -0.1) is 0 Å². The highest BCUT2D eigenvalue weighted by molar-refractivity contribution is 5.93. The zero-order valence-electron chi connectivity index (χ0n) is 12.2. The molecule has 0 saturated heterocycles. The molecule has 0 bridgehead atoms. The van der Waals surface area contributed by atoms with Crippen molar-refractivity contribution in [3.05, 3.63) is 46.4 Å². The van der Waals surface area contributed by atoms with Crippen LogP contribution in [0.25, 0.3) is 0 Å². The van der Waals surface area contributed by atoms with Gasteiger partial charge in [0, 0.05) is 32.0 Å². The predicted molar refractivity (Wildman–Crippen MR) is 78.2 cm³/mol. The standard InChI is InChI=1S/C15H17N5O2/c21-14(12-2-1-5-16-8-12)18-6-7-19-13(10-18)17-20(15(19)22)9-11-3-4-11/h1-2,5,8,11H,3-4,6-7,9-10H2. The van der Waals surface area contributed by atoms with Gasteiger partial charge in [-0.25, -0.2) is 9.48 Å². The third-order valence-electron chi connectivity index (χ3n) is 4.25. The van der Waals surface area contributed by atoms with Gasteiger partial charge in [0.15, 0.2) is 5.82 Å². The minimum Gasteiger partial charge on any atom is -0.329 e. The molecule has 1 fully saturated rings. The summed E-state index contributed by atoms with van der Waals surface area (Å²) in [5.41, 5.74) is 0.520. The predicted octanol–water partition coefficient (Wildman–Crippen LogP) is 0.506. The second-order valence-corrected chi connectivity index (χ2v) is 5.94. The smallest absolute Gasteiger partial charge is 0.329 e. The molecule has 0 unspecified atom stereocenters. The molecule has 7 nitrogen and oxygen atoms in total. The maximum Gasteiger partial charge on any atom is 0.346 e. The second kappa shape index (κ2) is 5.08. The van der Waals surface area contributed by atoms with Gasteiger partial charge in [0.2, 0.25) is 0 Å². The van der Waals surface area contributed by atoms with Crippen LogP contribution in [0.4, 0.5) is 0 Å². The first-order valence-corrected chi connectivity index (χ1v) is 7.58. The Labute approximate surface area is 127 Å². The van der Waals surface area contributed by atoms with Crippen LogP contribution in [-0.2, 0) is 19.6 Å². The Kier molecular flexibility index (Phi) is 3.06. The molecule has 22 heavy (non-hydrogen) atoms. The van der Waals surface area contributed by atoms with E-state index in [4.69, 9.17) is 0 Å². The molecule has 4 rings (SSSR count). The van der Waals surface area contributed by atoms with Crippen molar-refractivity contribution in [2.75, 3.05) is 6.54 Å². The average Bonchev–Trinajstić information content (AvgIpc) is 3.32. The number of amides is 1. The molecule has 0 spiro atoms. The summed E-state index contributed by atoms with van der Waals surface area (Å²) < 4.78 is 3.25. The number of carbonyl (C=O) groups is 1. The van der Waals surface area contributed by atoms with Crippen molar-refractivity contribution in [3.63, 3.8) is 0 Å². The molecular weight excluding hydrogens is 282 g/mol. The van der Waals surface area contributed by atoms with E-state index in [9.17, 15) is 9.59 Å². The topological polar surface area (TPSA) is 73.0 Å². The lowest BCUT2D eigenvalue weighted by Gasteiger charge is -2.26. The monoisotopic (exact) mass is 299 g/mol. The van der Waals surface area contributed by atoms with Gasteiger partial charge >= 0.3 is 5.69 Å². The maximum absolute atomic E-state index is 12.5. The molecule has 2 aromatic rings. The molecule has 1 saturated carbocycles. The van der Waals surface area contributed by atoms with E-state index >= 15 is 0 Å². The lowest BCUT2D eigenvalue weighted by molar-refractivity contribution is 0.0706. The van der Waals surface area contributed by atoms with Crippen molar-refractivity contribution >= 4 is 5.91 Å². The zero-order valence-corrected chi connectivity index (χ0v) is 12.2. The Bertz CT molecular complexity index is 760. The summed E-state index contributed by atoms with van der Waals surface area (Å²) in [6, 6.07) is 3.50. The quantitative estimate of drug-likeness (QED) is 0.827. The van der Waals surface area contributed by atoms with Crippen LogP contribution >= 0.6 is 0 Å². The van der Waals surface area contributed by atoms with Crippen LogP contribution in [0, 0.1) is 5.92 Å². The number of pyridine rings is 1. The second-order valence-electron chi connectivity index (χ2n) is 5.94. The van der Waals surface area contributed by atoms with Crippen LogP contribution in [0.3, 0.4) is 0 Å². The minimum atomic E-state index is -0.0662. The average molecular weight is 299 g/mol. The normalized spacial score (nSPS) is 17.4. The van der Waals surface area contributed by atoms with Gasteiger partial charge < -0.3 is 4.90 Å². The Hall–Kier alpha value is -2.44. The first-order valence-electron chi connectivity index (χ1n) is 7.58. The van der Waals surface area contributed by atoms with Crippen molar-refractivity contribution in [1.29, 1.82) is 0 Å². The van der Waals surface area contributed by atoms with E-state index in [-0.39, 0.29) is 11.6 Å². The van der Waals surface area contributed by atoms with Crippen molar-refractivity contribution in [1.82, 2.24) is 24.2 Å².